The number of rotatable bonds is 8. The molecular formula is C20H21N3O6. The van der Waals surface area contributed by atoms with E-state index in [0.29, 0.717) is 5.75 Å². The molecule has 0 saturated heterocycles. The van der Waals surface area contributed by atoms with Gasteiger partial charge in [0.25, 0.3) is 5.69 Å². The molecule has 1 N–H and O–H groups in total. The fraction of sp³-hybridized carbons (Fsp3) is 0.200. The van der Waals surface area contributed by atoms with Gasteiger partial charge in [0, 0.05) is 25.3 Å². The maximum atomic E-state index is 12.3. The molecule has 2 amide bonds. The van der Waals surface area contributed by atoms with Crippen molar-refractivity contribution < 1.29 is 24.0 Å². The van der Waals surface area contributed by atoms with Gasteiger partial charge >= 0.3 is 0 Å². The van der Waals surface area contributed by atoms with Gasteiger partial charge in [-0.3, -0.25) is 19.7 Å². The molecule has 2 aromatic carbocycles. The van der Waals surface area contributed by atoms with Crippen LogP contribution >= 0.6 is 0 Å². The van der Waals surface area contributed by atoms with E-state index in [2.05, 4.69) is 5.32 Å². The van der Waals surface area contributed by atoms with Crippen molar-refractivity contribution in [3.63, 3.8) is 0 Å². The number of ether oxygens (including phenoxy) is 2. The lowest BCUT2D eigenvalue weighted by Crippen LogP contribution is -2.33. The average Bonchev–Trinajstić information content (AvgIpc) is 2.71. The van der Waals surface area contributed by atoms with Crippen molar-refractivity contribution in [2.24, 2.45) is 0 Å². The van der Waals surface area contributed by atoms with Gasteiger partial charge < -0.3 is 19.7 Å². The minimum absolute atomic E-state index is 0.152. The quantitative estimate of drug-likeness (QED) is 0.415. The van der Waals surface area contributed by atoms with Gasteiger partial charge in [0.2, 0.25) is 11.8 Å². The Balaban J connectivity index is 2.01. The van der Waals surface area contributed by atoms with Gasteiger partial charge in [-0.15, -0.1) is 0 Å². The summed E-state index contributed by atoms with van der Waals surface area (Å²) < 4.78 is 10.2. The van der Waals surface area contributed by atoms with Crippen molar-refractivity contribution in [1.82, 2.24) is 4.90 Å². The van der Waals surface area contributed by atoms with Crippen LogP contribution in [-0.4, -0.2) is 49.4 Å². The molecule has 0 fully saturated rings. The Labute approximate surface area is 167 Å². The lowest BCUT2D eigenvalue weighted by molar-refractivity contribution is -0.384. The number of nitrogens with zero attached hydrogens (tertiary/aromatic N) is 2. The molecule has 0 spiro atoms. The number of likely N-dealkylation sites (N-methyl/N-ethyl adjacent to an activating group) is 1. The summed E-state index contributed by atoms with van der Waals surface area (Å²) >= 11 is 0. The molecule has 0 aliphatic heterocycles. The minimum atomic E-state index is -0.575. The molecule has 2 rings (SSSR count). The second kappa shape index (κ2) is 9.88. The summed E-state index contributed by atoms with van der Waals surface area (Å²) in [4.78, 5) is 36.1. The van der Waals surface area contributed by atoms with Gasteiger partial charge in [-0.05, 0) is 29.8 Å². The highest BCUT2D eigenvalue weighted by Crippen LogP contribution is 2.28. The smallest absolute Gasteiger partial charge is 0.271 e. The highest BCUT2D eigenvalue weighted by molar-refractivity contribution is 5.98. The van der Waals surface area contributed by atoms with E-state index in [-0.39, 0.29) is 29.6 Å². The van der Waals surface area contributed by atoms with Crippen molar-refractivity contribution in [3.8, 4) is 11.5 Å². The average molecular weight is 399 g/mol. The number of anilines is 1. The van der Waals surface area contributed by atoms with Crippen molar-refractivity contribution >= 4 is 29.3 Å². The third-order valence-electron chi connectivity index (χ3n) is 3.94. The Bertz CT molecular complexity index is 942. The summed E-state index contributed by atoms with van der Waals surface area (Å²) in [5, 5.41) is 13.4. The van der Waals surface area contributed by atoms with E-state index in [1.54, 1.807) is 31.4 Å². The molecule has 0 aliphatic rings. The summed E-state index contributed by atoms with van der Waals surface area (Å²) in [5.74, 6) is 0.0393. The largest absolute Gasteiger partial charge is 0.497 e. The summed E-state index contributed by atoms with van der Waals surface area (Å²) in [7, 11) is 4.41. The highest BCUT2D eigenvalue weighted by atomic mass is 16.6. The van der Waals surface area contributed by atoms with Crippen LogP contribution in [0.1, 0.15) is 5.56 Å². The molecule has 0 aromatic heterocycles. The molecule has 29 heavy (non-hydrogen) atoms. The zero-order chi connectivity index (χ0) is 21.4. The number of benzene rings is 2. The van der Waals surface area contributed by atoms with Gasteiger partial charge in [-0.1, -0.05) is 12.1 Å². The molecule has 9 nitrogen and oxygen atoms in total. The molecule has 0 atom stereocenters. The predicted octanol–water partition coefficient (Wildman–Crippen LogP) is 2.72. The number of nitrogens with one attached hydrogen (secondary N) is 1. The fourth-order valence-electron chi connectivity index (χ4n) is 2.43. The zero-order valence-electron chi connectivity index (χ0n) is 16.2. The number of nitro benzene ring substituents is 1. The zero-order valence-corrected chi connectivity index (χ0v) is 16.2. The van der Waals surface area contributed by atoms with Crippen molar-refractivity contribution in [3.05, 3.63) is 64.2 Å². The van der Waals surface area contributed by atoms with Gasteiger partial charge in [-0.25, -0.2) is 0 Å². The normalized spacial score (nSPS) is 10.4. The van der Waals surface area contributed by atoms with Crippen LogP contribution in [-0.2, 0) is 9.59 Å². The summed E-state index contributed by atoms with van der Waals surface area (Å²) in [6, 6.07) is 11.0. The van der Waals surface area contributed by atoms with Crippen molar-refractivity contribution in [2.75, 3.05) is 33.1 Å². The number of hydrogen-bond acceptors (Lipinski definition) is 6. The molecule has 152 valence electrons. The van der Waals surface area contributed by atoms with Crippen LogP contribution < -0.4 is 14.8 Å². The van der Waals surface area contributed by atoms with E-state index >= 15 is 0 Å². The van der Waals surface area contributed by atoms with Gasteiger partial charge in [0.1, 0.15) is 11.5 Å². The van der Waals surface area contributed by atoms with Crippen LogP contribution in [0, 0.1) is 10.1 Å². The molecule has 0 unspecified atom stereocenters. The Morgan fingerprint density at radius 2 is 1.93 bits per heavy atom. The molecule has 0 saturated carbocycles. The molecule has 2 aromatic rings. The monoisotopic (exact) mass is 399 g/mol. The Morgan fingerprint density at radius 1 is 1.17 bits per heavy atom. The minimum Gasteiger partial charge on any atom is -0.497 e. The molecule has 0 aliphatic carbocycles. The molecule has 0 bridgehead atoms. The summed E-state index contributed by atoms with van der Waals surface area (Å²) in [6.45, 7) is -0.243. The van der Waals surface area contributed by atoms with E-state index in [0.717, 1.165) is 5.56 Å². The number of hydrogen-bond donors (Lipinski definition) is 1. The number of nitro groups is 1. The van der Waals surface area contributed by atoms with Crippen molar-refractivity contribution in [2.45, 2.75) is 0 Å². The van der Waals surface area contributed by atoms with E-state index < -0.39 is 10.8 Å². The maximum Gasteiger partial charge on any atom is 0.271 e. The lowest BCUT2D eigenvalue weighted by Gasteiger charge is -2.16. The lowest BCUT2D eigenvalue weighted by atomic mass is 10.2. The number of methoxy groups -OCH3 is 2. The summed E-state index contributed by atoms with van der Waals surface area (Å²) in [6.07, 6.45) is 2.96. The number of carbonyl (C=O) groups is 2. The fourth-order valence-corrected chi connectivity index (χ4v) is 2.43. The van der Waals surface area contributed by atoms with E-state index in [4.69, 9.17) is 9.47 Å². The van der Waals surface area contributed by atoms with Crippen LogP contribution in [0.25, 0.3) is 6.08 Å². The second-order valence-corrected chi connectivity index (χ2v) is 5.99. The Kier molecular flexibility index (Phi) is 7.30. The van der Waals surface area contributed by atoms with Crippen LogP contribution in [0.4, 0.5) is 11.4 Å². The van der Waals surface area contributed by atoms with Crippen LogP contribution in [0.5, 0.6) is 11.5 Å². The van der Waals surface area contributed by atoms with E-state index in [9.17, 15) is 19.7 Å². The van der Waals surface area contributed by atoms with Gasteiger partial charge in [0.05, 0.1) is 31.4 Å². The third-order valence-corrected chi connectivity index (χ3v) is 3.94. The standard InChI is InChI=1S/C20H21N3O6/c1-22(20(25)10-7-14-5-4-6-16(11-14)28-2)13-19(24)21-17-12-15(23(26)27)8-9-18(17)29-3/h4-12H,13H2,1-3H3,(H,21,24)/b10-7+. The first-order valence-electron chi connectivity index (χ1n) is 8.53. The van der Waals surface area contributed by atoms with Crippen LogP contribution in [0.15, 0.2) is 48.5 Å². The van der Waals surface area contributed by atoms with Gasteiger partial charge in [0.15, 0.2) is 0 Å². The molecule has 0 radical (unpaired) electrons. The molecule has 9 heteroatoms. The number of amides is 2. The van der Waals surface area contributed by atoms with Crippen molar-refractivity contribution in [1.29, 1.82) is 0 Å². The number of non-ortho nitro benzene ring substituents is 1. The Morgan fingerprint density at radius 3 is 2.59 bits per heavy atom. The second-order valence-electron chi connectivity index (χ2n) is 5.99. The first-order valence-corrected chi connectivity index (χ1v) is 8.53. The highest BCUT2D eigenvalue weighted by Gasteiger charge is 2.16. The van der Waals surface area contributed by atoms with E-state index in [1.165, 1.54) is 43.3 Å². The predicted molar refractivity (Wildman–Crippen MR) is 108 cm³/mol. The SMILES string of the molecule is COc1cccc(/C=C/C(=O)N(C)CC(=O)Nc2cc([N+](=O)[O-])ccc2OC)c1. The molecular weight excluding hydrogens is 378 g/mol. The van der Waals surface area contributed by atoms with Crippen LogP contribution in [0.3, 0.4) is 0 Å². The first kappa shape index (κ1) is 21.4. The third kappa shape index (κ3) is 6.06. The summed E-state index contributed by atoms with van der Waals surface area (Å²) in [5.41, 5.74) is 0.739. The van der Waals surface area contributed by atoms with Gasteiger partial charge in [-0.2, -0.15) is 0 Å². The Hall–Kier alpha value is -3.88. The van der Waals surface area contributed by atoms with Crippen LogP contribution in [0.2, 0.25) is 0 Å². The topological polar surface area (TPSA) is 111 Å². The van der Waals surface area contributed by atoms with E-state index in [1.807, 2.05) is 6.07 Å². The first-order chi connectivity index (χ1) is 13.8. The maximum absolute atomic E-state index is 12.3. The number of carbonyl (C=O) groups excluding carboxylic acids is 2. The molecule has 0 heterocycles.